The highest BCUT2D eigenvalue weighted by Gasteiger charge is 2.38. The lowest BCUT2D eigenvalue weighted by atomic mass is 9.97. The molecule has 1 saturated heterocycles. The van der Waals surface area contributed by atoms with E-state index in [9.17, 15) is 14.9 Å². The van der Waals surface area contributed by atoms with Crippen molar-refractivity contribution in [2.45, 2.75) is 12.5 Å². The minimum Gasteiger partial charge on any atom is -0.367 e. The quantitative estimate of drug-likeness (QED) is 0.501. The van der Waals surface area contributed by atoms with Crippen LogP contribution in [0.3, 0.4) is 0 Å². The number of pyridine rings is 1. The summed E-state index contributed by atoms with van der Waals surface area (Å²) in [6, 6.07) is 5.01. The van der Waals surface area contributed by atoms with Crippen LogP contribution in [0.4, 0.5) is 11.5 Å². The van der Waals surface area contributed by atoms with Gasteiger partial charge >= 0.3 is 11.2 Å². The zero-order valence-electron chi connectivity index (χ0n) is 14.9. The number of rotatable bonds is 3. The number of fused-ring (bicyclic) bond motifs is 1. The minimum atomic E-state index is -0.718. The second kappa shape index (κ2) is 6.16. The molecule has 1 atom stereocenters. The maximum Gasteiger partial charge on any atom is 0.376 e. The summed E-state index contributed by atoms with van der Waals surface area (Å²) in [5.41, 5.74) is -0.735. The average molecular weight is 370 g/mol. The van der Waals surface area contributed by atoms with E-state index in [1.54, 1.807) is 34.0 Å². The highest BCUT2D eigenvalue weighted by molar-refractivity contribution is 5.62. The fraction of sp³-hybridized carbons (Fsp3) is 0.353. The zero-order valence-corrected chi connectivity index (χ0v) is 14.9. The van der Waals surface area contributed by atoms with Crippen LogP contribution in [0.1, 0.15) is 12.5 Å². The monoisotopic (exact) mass is 370 g/mol. The minimum absolute atomic E-state index is 0.0645. The molecule has 0 saturated carbocycles. The Bertz CT molecular complexity index is 1090. The maximum absolute atomic E-state index is 12.7. The molecule has 0 aliphatic carbocycles. The first-order valence-corrected chi connectivity index (χ1v) is 8.43. The normalized spacial score (nSPS) is 20.1. The van der Waals surface area contributed by atoms with Gasteiger partial charge in [0.25, 0.3) is 0 Å². The fourth-order valence-electron chi connectivity index (χ4n) is 3.37. The van der Waals surface area contributed by atoms with Crippen molar-refractivity contribution in [1.82, 2.24) is 19.2 Å². The fourth-order valence-corrected chi connectivity index (χ4v) is 3.37. The first kappa shape index (κ1) is 17.2. The number of morpholine rings is 1. The van der Waals surface area contributed by atoms with Gasteiger partial charge in [-0.3, -0.25) is 24.0 Å². The molecule has 4 rings (SSSR count). The molecule has 0 bridgehead atoms. The molecular formula is C17H18N6O4. The van der Waals surface area contributed by atoms with Gasteiger partial charge in [0.15, 0.2) is 0 Å². The summed E-state index contributed by atoms with van der Waals surface area (Å²) in [5.74, 6) is 0.0645. The van der Waals surface area contributed by atoms with Gasteiger partial charge in [0.05, 0.1) is 24.3 Å². The Morgan fingerprint density at radius 2 is 2.19 bits per heavy atom. The predicted molar refractivity (Wildman–Crippen MR) is 96.8 cm³/mol. The van der Waals surface area contributed by atoms with Gasteiger partial charge in [-0.25, -0.2) is 4.98 Å². The van der Waals surface area contributed by atoms with Gasteiger partial charge in [0.1, 0.15) is 11.2 Å². The largest absolute Gasteiger partial charge is 0.376 e. The van der Waals surface area contributed by atoms with Crippen molar-refractivity contribution in [1.29, 1.82) is 0 Å². The lowest BCUT2D eigenvalue weighted by Crippen LogP contribution is -2.49. The third-order valence-corrected chi connectivity index (χ3v) is 4.76. The van der Waals surface area contributed by atoms with Gasteiger partial charge < -0.3 is 9.64 Å². The lowest BCUT2D eigenvalue weighted by molar-refractivity contribution is -0.385. The van der Waals surface area contributed by atoms with E-state index in [0.717, 1.165) is 5.56 Å². The van der Waals surface area contributed by atoms with Crippen LogP contribution in [-0.4, -0.2) is 43.8 Å². The molecule has 0 spiro atoms. The van der Waals surface area contributed by atoms with Crippen molar-refractivity contribution >= 4 is 17.2 Å². The van der Waals surface area contributed by atoms with Crippen LogP contribution in [0.15, 0.2) is 41.6 Å². The number of aromatic nitrogens is 4. The maximum atomic E-state index is 12.7. The highest BCUT2D eigenvalue weighted by atomic mass is 16.6. The Hall–Kier alpha value is -3.27. The van der Waals surface area contributed by atoms with Gasteiger partial charge in [-0.05, 0) is 19.1 Å². The van der Waals surface area contributed by atoms with Gasteiger partial charge in [0, 0.05) is 31.5 Å². The lowest BCUT2D eigenvalue weighted by Gasteiger charge is -2.40. The molecule has 0 amide bonds. The van der Waals surface area contributed by atoms with E-state index in [1.165, 1.54) is 10.6 Å². The Morgan fingerprint density at radius 1 is 1.37 bits per heavy atom. The number of ether oxygens (including phenoxy) is 1. The summed E-state index contributed by atoms with van der Waals surface area (Å²) in [6.07, 6.45) is 5.03. The molecule has 0 N–H and O–H groups in total. The number of anilines is 1. The summed E-state index contributed by atoms with van der Waals surface area (Å²) in [6.45, 7) is 2.95. The van der Waals surface area contributed by atoms with Crippen molar-refractivity contribution in [3.63, 3.8) is 0 Å². The van der Waals surface area contributed by atoms with E-state index in [4.69, 9.17) is 4.74 Å². The van der Waals surface area contributed by atoms with Gasteiger partial charge in [-0.15, -0.1) is 0 Å². The van der Waals surface area contributed by atoms with Crippen molar-refractivity contribution < 1.29 is 9.66 Å². The standard InChI is InChI=1S/C17H18N6O4/c1-17(12-9-18-20(2)10-12)11-21(7-8-27-17)15-14(23(25)26)16(24)22-6-4-3-5-13(22)19-15/h3-6,9-10H,7-8,11H2,1-2H3. The van der Waals surface area contributed by atoms with Crippen molar-refractivity contribution in [3.05, 3.63) is 62.8 Å². The second-order valence-electron chi connectivity index (χ2n) is 6.68. The molecule has 3 aromatic rings. The third kappa shape index (κ3) is 2.83. The van der Waals surface area contributed by atoms with Gasteiger partial charge in [-0.1, -0.05) is 6.07 Å². The molecule has 0 radical (unpaired) electrons. The van der Waals surface area contributed by atoms with Crippen LogP contribution in [0.25, 0.3) is 5.65 Å². The molecular weight excluding hydrogens is 352 g/mol. The molecule has 10 nitrogen and oxygen atoms in total. The molecule has 0 aromatic carbocycles. The van der Waals surface area contributed by atoms with Crippen LogP contribution >= 0.6 is 0 Å². The van der Waals surface area contributed by atoms with E-state index in [-0.39, 0.29) is 5.82 Å². The summed E-state index contributed by atoms with van der Waals surface area (Å²) in [7, 11) is 1.81. The van der Waals surface area contributed by atoms with E-state index >= 15 is 0 Å². The van der Waals surface area contributed by atoms with Crippen LogP contribution in [0.5, 0.6) is 0 Å². The molecule has 3 aromatic heterocycles. The van der Waals surface area contributed by atoms with Gasteiger partial charge in [-0.2, -0.15) is 5.10 Å². The van der Waals surface area contributed by atoms with Crippen LogP contribution in [-0.2, 0) is 17.4 Å². The first-order valence-electron chi connectivity index (χ1n) is 8.43. The smallest absolute Gasteiger partial charge is 0.367 e. The van der Waals surface area contributed by atoms with Crippen LogP contribution in [0, 0.1) is 10.1 Å². The zero-order chi connectivity index (χ0) is 19.2. The van der Waals surface area contributed by atoms with Crippen LogP contribution in [0.2, 0.25) is 0 Å². The van der Waals surface area contributed by atoms with Crippen molar-refractivity contribution in [2.24, 2.45) is 7.05 Å². The molecule has 1 fully saturated rings. The number of nitro groups is 1. The average Bonchev–Trinajstić information content (AvgIpc) is 3.09. The number of hydrogen-bond acceptors (Lipinski definition) is 7. The molecule has 27 heavy (non-hydrogen) atoms. The van der Waals surface area contributed by atoms with Crippen molar-refractivity contribution in [2.75, 3.05) is 24.6 Å². The molecule has 10 heteroatoms. The number of aryl methyl sites for hydroxylation is 1. The molecule has 4 heterocycles. The predicted octanol–water partition coefficient (Wildman–Crippen LogP) is 1.09. The van der Waals surface area contributed by atoms with Crippen LogP contribution < -0.4 is 10.5 Å². The second-order valence-corrected chi connectivity index (χ2v) is 6.68. The first-order chi connectivity index (χ1) is 12.9. The molecule has 140 valence electrons. The number of hydrogen-bond donors (Lipinski definition) is 0. The van der Waals surface area contributed by atoms with Gasteiger partial charge in [0.2, 0.25) is 5.82 Å². The van der Waals surface area contributed by atoms with E-state index in [0.29, 0.717) is 25.3 Å². The molecule has 1 unspecified atom stereocenters. The topological polar surface area (TPSA) is 108 Å². The van der Waals surface area contributed by atoms with E-state index in [1.807, 2.05) is 20.2 Å². The Balaban J connectivity index is 1.83. The highest BCUT2D eigenvalue weighted by Crippen LogP contribution is 2.33. The molecule has 1 aliphatic rings. The summed E-state index contributed by atoms with van der Waals surface area (Å²) in [4.78, 5) is 29.8. The Morgan fingerprint density at radius 3 is 2.89 bits per heavy atom. The summed E-state index contributed by atoms with van der Waals surface area (Å²) in [5, 5.41) is 15.8. The summed E-state index contributed by atoms with van der Waals surface area (Å²) >= 11 is 0. The Kier molecular flexibility index (Phi) is 3.92. The summed E-state index contributed by atoms with van der Waals surface area (Å²) < 4.78 is 8.81. The van der Waals surface area contributed by atoms with E-state index in [2.05, 4.69) is 10.1 Å². The van der Waals surface area contributed by atoms with Crippen molar-refractivity contribution in [3.8, 4) is 0 Å². The number of nitrogens with zero attached hydrogens (tertiary/aromatic N) is 6. The SMILES string of the molecule is Cn1cc(C2(C)CN(c3nc4ccccn4c(=O)c3[N+](=O)[O-])CCO2)cn1. The Labute approximate surface area is 153 Å². The third-order valence-electron chi connectivity index (χ3n) is 4.76. The molecule has 1 aliphatic heterocycles. The van der Waals surface area contributed by atoms with E-state index < -0.39 is 21.8 Å².